The Morgan fingerprint density at radius 1 is 1.12 bits per heavy atom. The van der Waals surface area contributed by atoms with Gasteiger partial charge >= 0.3 is 0 Å². The van der Waals surface area contributed by atoms with Gasteiger partial charge in [-0.3, -0.25) is 4.57 Å². The predicted octanol–water partition coefficient (Wildman–Crippen LogP) is 4.38. The maximum atomic E-state index is 13.2. The van der Waals surface area contributed by atoms with E-state index in [0.29, 0.717) is 18.1 Å². The van der Waals surface area contributed by atoms with Crippen LogP contribution in [-0.2, 0) is 6.54 Å². The van der Waals surface area contributed by atoms with Gasteiger partial charge in [0.25, 0.3) is 0 Å². The van der Waals surface area contributed by atoms with Gasteiger partial charge in [0, 0.05) is 11.3 Å². The maximum absolute atomic E-state index is 13.2. The smallest absolute Gasteiger partial charge is 0.191 e. The van der Waals surface area contributed by atoms with E-state index in [9.17, 15) is 4.39 Å². The number of hydrogen-bond acceptors (Lipinski definition) is 4. The lowest BCUT2D eigenvalue weighted by atomic mass is 10.2. The molecule has 1 atom stereocenters. The van der Waals surface area contributed by atoms with E-state index in [0.717, 1.165) is 16.3 Å². The van der Waals surface area contributed by atoms with Crippen LogP contribution in [0, 0.1) is 23.1 Å². The van der Waals surface area contributed by atoms with Crippen LogP contribution in [0.25, 0.3) is 11.4 Å². The Bertz CT molecular complexity index is 869. The highest BCUT2D eigenvalue weighted by Crippen LogP contribution is 2.26. The van der Waals surface area contributed by atoms with Crippen molar-refractivity contribution in [3.63, 3.8) is 0 Å². The minimum atomic E-state index is -0.282. The molecule has 4 nitrogen and oxygen atoms in total. The van der Waals surface area contributed by atoms with Gasteiger partial charge in [0.05, 0.1) is 18.5 Å². The summed E-state index contributed by atoms with van der Waals surface area (Å²) < 4.78 is 15.2. The average molecular weight is 352 g/mol. The molecule has 0 aliphatic heterocycles. The van der Waals surface area contributed by atoms with E-state index in [4.69, 9.17) is 5.26 Å². The summed E-state index contributed by atoms with van der Waals surface area (Å²) >= 11 is 1.51. The van der Waals surface area contributed by atoms with E-state index in [1.54, 1.807) is 12.1 Å². The lowest BCUT2D eigenvalue weighted by Crippen LogP contribution is -2.05. The van der Waals surface area contributed by atoms with E-state index in [-0.39, 0.29) is 11.7 Å². The van der Waals surface area contributed by atoms with Gasteiger partial charge in [-0.1, -0.05) is 42.1 Å². The summed E-state index contributed by atoms with van der Waals surface area (Å²) in [6.45, 7) is 2.50. The first-order valence-electron chi connectivity index (χ1n) is 7.93. The highest BCUT2D eigenvalue weighted by atomic mass is 32.2. The fourth-order valence-corrected chi connectivity index (χ4v) is 3.23. The van der Waals surface area contributed by atoms with E-state index < -0.39 is 0 Å². The van der Waals surface area contributed by atoms with Crippen molar-refractivity contribution in [2.24, 2.45) is 5.92 Å². The summed E-state index contributed by atoms with van der Waals surface area (Å²) in [5.41, 5.74) is 1.94. The summed E-state index contributed by atoms with van der Waals surface area (Å²) in [4.78, 5) is 0. The standard InChI is InChI=1S/C19H17FN4S/c1-14(11-21)13-25-19-23-22-18(16-7-9-17(20)10-8-16)24(19)12-15-5-3-2-4-6-15/h2-10,14H,12-13H2,1H3/t14-/m0/s1. The Morgan fingerprint density at radius 2 is 1.84 bits per heavy atom. The van der Waals surface area contributed by atoms with Crippen molar-refractivity contribution in [1.82, 2.24) is 14.8 Å². The molecule has 1 heterocycles. The van der Waals surface area contributed by atoms with Crippen molar-refractivity contribution in [2.45, 2.75) is 18.6 Å². The second kappa shape index (κ2) is 7.95. The molecule has 0 fully saturated rings. The molecule has 0 spiro atoms. The number of nitrogens with zero attached hydrogens (tertiary/aromatic N) is 4. The van der Waals surface area contributed by atoms with Crippen LogP contribution in [0.1, 0.15) is 12.5 Å². The SMILES string of the molecule is C[C@@H](C#N)CSc1nnc(-c2ccc(F)cc2)n1Cc1ccccc1. The quantitative estimate of drug-likeness (QED) is 0.618. The third kappa shape index (κ3) is 4.25. The summed E-state index contributed by atoms with van der Waals surface area (Å²) in [5, 5.41) is 18.3. The second-order valence-electron chi connectivity index (χ2n) is 5.73. The highest BCUT2D eigenvalue weighted by Gasteiger charge is 2.16. The number of halogens is 1. The summed E-state index contributed by atoms with van der Waals surface area (Å²) in [6, 6.07) is 18.5. The highest BCUT2D eigenvalue weighted by molar-refractivity contribution is 7.99. The molecule has 6 heteroatoms. The molecule has 2 aromatic carbocycles. The third-order valence-electron chi connectivity index (χ3n) is 3.69. The zero-order valence-electron chi connectivity index (χ0n) is 13.8. The van der Waals surface area contributed by atoms with Gasteiger partial charge in [0.2, 0.25) is 0 Å². The van der Waals surface area contributed by atoms with Crippen molar-refractivity contribution in [3.05, 3.63) is 66.0 Å². The van der Waals surface area contributed by atoms with E-state index in [1.165, 1.54) is 23.9 Å². The molecule has 0 N–H and O–H groups in total. The van der Waals surface area contributed by atoms with Gasteiger partial charge in [-0.25, -0.2) is 4.39 Å². The average Bonchev–Trinajstić information content (AvgIpc) is 3.03. The van der Waals surface area contributed by atoms with Crippen LogP contribution < -0.4 is 0 Å². The molecule has 0 unspecified atom stereocenters. The lowest BCUT2D eigenvalue weighted by molar-refractivity contribution is 0.628. The molecule has 0 bridgehead atoms. The molecule has 0 aliphatic rings. The Morgan fingerprint density at radius 3 is 2.52 bits per heavy atom. The van der Waals surface area contributed by atoms with Crippen molar-refractivity contribution >= 4 is 11.8 Å². The van der Waals surface area contributed by atoms with Crippen LogP contribution in [0.2, 0.25) is 0 Å². The van der Waals surface area contributed by atoms with E-state index in [2.05, 4.69) is 16.3 Å². The largest absolute Gasteiger partial charge is 0.298 e. The molecule has 126 valence electrons. The minimum absolute atomic E-state index is 0.0684. The number of benzene rings is 2. The van der Waals surface area contributed by atoms with Crippen LogP contribution >= 0.6 is 11.8 Å². The van der Waals surface area contributed by atoms with Crippen molar-refractivity contribution in [2.75, 3.05) is 5.75 Å². The Balaban J connectivity index is 1.95. The Kier molecular flexibility index (Phi) is 5.46. The van der Waals surface area contributed by atoms with Crippen molar-refractivity contribution < 1.29 is 4.39 Å². The molecule has 3 rings (SSSR count). The van der Waals surface area contributed by atoms with Crippen LogP contribution in [0.3, 0.4) is 0 Å². The number of hydrogen-bond donors (Lipinski definition) is 0. The fourth-order valence-electron chi connectivity index (χ4n) is 2.35. The van der Waals surface area contributed by atoms with Crippen LogP contribution in [0.15, 0.2) is 59.8 Å². The summed E-state index contributed by atoms with van der Waals surface area (Å²) in [6.07, 6.45) is 0. The third-order valence-corrected chi connectivity index (χ3v) is 4.91. The normalized spacial score (nSPS) is 11.9. The van der Waals surface area contributed by atoms with Gasteiger partial charge in [-0.05, 0) is 36.8 Å². The topological polar surface area (TPSA) is 54.5 Å². The molecule has 0 amide bonds. The second-order valence-corrected chi connectivity index (χ2v) is 6.71. The van der Waals surface area contributed by atoms with Crippen LogP contribution in [0.5, 0.6) is 0 Å². The Labute approximate surface area is 150 Å². The van der Waals surface area contributed by atoms with Crippen molar-refractivity contribution in [3.8, 4) is 17.5 Å². The fraction of sp³-hybridized carbons (Fsp3) is 0.211. The Hall–Kier alpha value is -2.65. The van der Waals surface area contributed by atoms with E-state index in [1.807, 2.05) is 41.8 Å². The monoisotopic (exact) mass is 352 g/mol. The number of rotatable bonds is 6. The first kappa shape index (κ1) is 17.2. The van der Waals surface area contributed by atoms with Crippen molar-refractivity contribution in [1.29, 1.82) is 5.26 Å². The molecule has 0 saturated heterocycles. The lowest BCUT2D eigenvalue weighted by Gasteiger charge is -2.11. The molecule has 0 aliphatic carbocycles. The van der Waals surface area contributed by atoms with Gasteiger partial charge in [0.15, 0.2) is 11.0 Å². The number of nitriles is 1. The zero-order valence-corrected chi connectivity index (χ0v) is 14.6. The van der Waals surface area contributed by atoms with E-state index >= 15 is 0 Å². The molecular weight excluding hydrogens is 335 g/mol. The molecule has 1 aromatic heterocycles. The summed E-state index contributed by atoms with van der Waals surface area (Å²) in [7, 11) is 0. The van der Waals surface area contributed by atoms with Crippen LogP contribution in [0.4, 0.5) is 4.39 Å². The van der Waals surface area contributed by atoms with Gasteiger partial charge in [0.1, 0.15) is 5.82 Å². The number of thioether (sulfide) groups is 1. The molecule has 3 aromatic rings. The molecule has 0 saturated carbocycles. The molecular formula is C19H17FN4S. The van der Waals surface area contributed by atoms with Gasteiger partial charge in [-0.15, -0.1) is 10.2 Å². The summed E-state index contributed by atoms with van der Waals surface area (Å²) in [5.74, 6) is 0.986. The first-order chi connectivity index (χ1) is 12.2. The zero-order chi connectivity index (χ0) is 17.6. The van der Waals surface area contributed by atoms with Gasteiger partial charge < -0.3 is 0 Å². The minimum Gasteiger partial charge on any atom is -0.298 e. The molecule has 25 heavy (non-hydrogen) atoms. The first-order valence-corrected chi connectivity index (χ1v) is 8.91. The molecule has 0 radical (unpaired) electrons. The van der Waals surface area contributed by atoms with Crippen LogP contribution in [-0.4, -0.2) is 20.5 Å². The van der Waals surface area contributed by atoms with Gasteiger partial charge in [-0.2, -0.15) is 5.26 Å². The maximum Gasteiger partial charge on any atom is 0.191 e. The number of aromatic nitrogens is 3. The predicted molar refractivity (Wildman–Crippen MR) is 96.5 cm³/mol.